The molecule has 10 heteroatoms. The van der Waals surface area contributed by atoms with Gasteiger partial charge in [0.1, 0.15) is 23.1 Å². The van der Waals surface area contributed by atoms with Gasteiger partial charge in [-0.25, -0.2) is 8.78 Å². The van der Waals surface area contributed by atoms with E-state index in [2.05, 4.69) is 10.6 Å². The van der Waals surface area contributed by atoms with Crippen molar-refractivity contribution in [1.29, 1.82) is 5.41 Å². The second-order valence-electron chi connectivity index (χ2n) is 7.91. The lowest BCUT2D eigenvalue weighted by Crippen LogP contribution is -2.41. The summed E-state index contributed by atoms with van der Waals surface area (Å²) in [6.45, 7) is 1.48. The summed E-state index contributed by atoms with van der Waals surface area (Å²) < 4.78 is 37.9. The number of amidine groups is 1. The highest BCUT2D eigenvalue weighted by Crippen LogP contribution is 2.40. The van der Waals surface area contributed by atoms with E-state index in [1.807, 2.05) is 0 Å². The van der Waals surface area contributed by atoms with Crippen LogP contribution in [0.4, 0.5) is 8.78 Å². The Morgan fingerprint density at radius 3 is 2.56 bits per heavy atom. The number of nitrogens with one attached hydrogen (secondary N) is 3. The van der Waals surface area contributed by atoms with Crippen molar-refractivity contribution in [2.45, 2.75) is 25.4 Å². The zero-order valence-electron chi connectivity index (χ0n) is 18.4. The molecule has 2 aliphatic rings. The van der Waals surface area contributed by atoms with Crippen molar-refractivity contribution >= 4 is 17.6 Å². The van der Waals surface area contributed by atoms with Crippen LogP contribution in [0.15, 0.2) is 48.7 Å². The summed E-state index contributed by atoms with van der Waals surface area (Å²) in [6, 6.07) is 9.31. The van der Waals surface area contributed by atoms with E-state index in [1.54, 1.807) is 36.2 Å². The number of fused-ring (bicyclic) bond motifs is 1. The van der Waals surface area contributed by atoms with Crippen LogP contribution in [0.5, 0.6) is 17.2 Å². The van der Waals surface area contributed by atoms with Crippen LogP contribution in [0.3, 0.4) is 0 Å². The quantitative estimate of drug-likeness (QED) is 0.426. The fourth-order valence-corrected chi connectivity index (χ4v) is 3.59. The zero-order valence-corrected chi connectivity index (χ0v) is 18.4. The Morgan fingerprint density at radius 1 is 1.21 bits per heavy atom. The van der Waals surface area contributed by atoms with Gasteiger partial charge in [0, 0.05) is 43.2 Å². The molecule has 4 rings (SSSR count). The first-order valence-corrected chi connectivity index (χ1v) is 10.8. The predicted octanol–water partition coefficient (Wildman–Crippen LogP) is 3.33. The molecule has 0 spiro atoms. The monoisotopic (exact) mass is 470 g/mol. The van der Waals surface area contributed by atoms with Crippen LogP contribution in [0, 0.1) is 5.41 Å². The van der Waals surface area contributed by atoms with Crippen molar-refractivity contribution in [1.82, 2.24) is 15.5 Å². The van der Waals surface area contributed by atoms with Crippen LogP contribution in [0.2, 0.25) is 0 Å². The van der Waals surface area contributed by atoms with Crippen molar-refractivity contribution < 1.29 is 27.8 Å². The van der Waals surface area contributed by atoms with Gasteiger partial charge in [-0.3, -0.25) is 15.0 Å². The van der Waals surface area contributed by atoms with E-state index in [0.717, 1.165) is 19.5 Å². The van der Waals surface area contributed by atoms with Gasteiger partial charge in [0.25, 0.3) is 18.2 Å². The third-order valence-corrected chi connectivity index (χ3v) is 5.53. The molecular weight excluding hydrogens is 446 g/mol. The Balaban J connectivity index is 1.58. The number of carbonyl (C=O) groups is 2. The summed E-state index contributed by atoms with van der Waals surface area (Å²) in [5.41, 5.74) is 1.04. The van der Waals surface area contributed by atoms with E-state index >= 15 is 0 Å². The number of carbonyl (C=O) groups excluding carboxylic acids is 2. The predicted molar refractivity (Wildman–Crippen MR) is 121 cm³/mol. The Hall–Kier alpha value is -3.95. The molecule has 3 N–H and O–H groups in total. The average Bonchev–Trinajstić information content (AvgIpc) is 3.22. The smallest absolute Gasteiger partial charge is 0.275 e. The molecule has 0 saturated carbocycles. The van der Waals surface area contributed by atoms with Crippen LogP contribution >= 0.6 is 0 Å². The summed E-state index contributed by atoms with van der Waals surface area (Å²) in [7, 11) is 1.65. The Morgan fingerprint density at radius 2 is 1.94 bits per heavy atom. The highest BCUT2D eigenvalue weighted by Gasteiger charge is 2.34. The molecule has 1 saturated heterocycles. The normalized spacial score (nSPS) is 16.6. The van der Waals surface area contributed by atoms with Crippen molar-refractivity contribution in [2.24, 2.45) is 0 Å². The van der Waals surface area contributed by atoms with Crippen LogP contribution < -0.4 is 20.1 Å². The third kappa shape index (κ3) is 5.00. The lowest BCUT2D eigenvalue weighted by molar-refractivity contribution is 0.0245. The Kier molecular flexibility index (Phi) is 6.76. The number of benzene rings is 2. The summed E-state index contributed by atoms with van der Waals surface area (Å²) in [5.74, 6) is -0.112. The van der Waals surface area contributed by atoms with Gasteiger partial charge in [-0.15, -0.1) is 0 Å². The fraction of sp³-hybridized carbons (Fsp3) is 0.292. The van der Waals surface area contributed by atoms with Gasteiger partial charge in [0.15, 0.2) is 6.10 Å². The molecule has 2 aromatic carbocycles. The fourth-order valence-electron chi connectivity index (χ4n) is 3.59. The number of likely N-dealkylation sites (tertiary alicyclic amines) is 1. The maximum absolute atomic E-state index is 13.3. The van der Waals surface area contributed by atoms with E-state index in [9.17, 15) is 18.4 Å². The molecule has 2 aromatic rings. The van der Waals surface area contributed by atoms with Crippen LogP contribution in [-0.2, 0) is 6.42 Å². The summed E-state index contributed by atoms with van der Waals surface area (Å²) in [6.07, 6.45) is -0.291. The summed E-state index contributed by atoms with van der Waals surface area (Å²) >= 11 is 0. The molecule has 8 nitrogen and oxygen atoms in total. The molecule has 1 atom stereocenters. The largest absolute Gasteiger partial charge is 0.484 e. The van der Waals surface area contributed by atoms with Crippen molar-refractivity contribution in [3.05, 3.63) is 65.4 Å². The van der Waals surface area contributed by atoms with Crippen LogP contribution in [0.25, 0.3) is 0 Å². The number of rotatable bonds is 7. The molecule has 1 fully saturated rings. The standard InChI is InChI=1S/C24H24F2N4O4/c1-28-8-7-21(27)29-23(31)15-11-18(17-13-20(22(25)26)34-19(17)12-15)33-16-5-3-14(4-6-16)24(32)30-9-2-10-30/h3-8,11-12,20,22,28H,2,9-10,13H2,1H3,(H2,27,29,31)/b8-7-. The molecule has 2 heterocycles. The maximum atomic E-state index is 13.3. The zero-order chi connectivity index (χ0) is 24.2. The first-order chi connectivity index (χ1) is 16.4. The van der Waals surface area contributed by atoms with Crippen molar-refractivity contribution in [2.75, 3.05) is 20.1 Å². The molecule has 34 heavy (non-hydrogen) atoms. The number of amides is 2. The average molecular weight is 470 g/mol. The van der Waals surface area contributed by atoms with Crippen molar-refractivity contribution in [3.63, 3.8) is 0 Å². The lowest BCUT2D eigenvalue weighted by Gasteiger charge is -2.30. The molecule has 2 aliphatic heterocycles. The van der Waals surface area contributed by atoms with Crippen LogP contribution in [-0.4, -0.2) is 55.2 Å². The number of ether oxygens (including phenoxy) is 2. The SMILES string of the molecule is CN/C=C\C(=N)NC(=O)c1cc(Oc2ccc(C(=O)N3CCC3)cc2)c2c(c1)OC(C(F)F)C2. The number of halogens is 2. The van der Waals surface area contributed by atoms with Crippen molar-refractivity contribution in [3.8, 4) is 17.2 Å². The Labute approximate surface area is 195 Å². The maximum Gasteiger partial charge on any atom is 0.275 e. The lowest BCUT2D eigenvalue weighted by atomic mass is 10.0. The minimum Gasteiger partial charge on any atom is -0.484 e. The number of nitrogens with zero attached hydrogens (tertiary/aromatic N) is 1. The minimum atomic E-state index is -2.70. The van der Waals surface area contributed by atoms with E-state index < -0.39 is 18.4 Å². The summed E-state index contributed by atoms with van der Waals surface area (Å²) in [4.78, 5) is 26.7. The number of alkyl halides is 2. The van der Waals surface area contributed by atoms with E-state index in [1.165, 1.54) is 24.4 Å². The minimum absolute atomic E-state index is 0.0553. The van der Waals surface area contributed by atoms with Gasteiger partial charge in [-0.05, 0) is 55.1 Å². The second kappa shape index (κ2) is 9.90. The topological polar surface area (TPSA) is 104 Å². The van der Waals surface area contributed by atoms with Gasteiger partial charge < -0.3 is 25.0 Å². The van der Waals surface area contributed by atoms with E-state index in [0.29, 0.717) is 16.9 Å². The third-order valence-electron chi connectivity index (χ3n) is 5.53. The molecule has 0 radical (unpaired) electrons. The molecular formula is C24H24F2N4O4. The van der Waals surface area contributed by atoms with E-state index in [4.69, 9.17) is 14.9 Å². The second-order valence-corrected chi connectivity index (χ2v) is 7.91. The molecule has 178 valence electrons. The Bertz CT molecular complexity index is 1130. The van der Waals surface area contributed by atoms with Gasteiger partial charge >= 0.3 is 0 Å². The molecule has 2 amide bonds. The first-order valence-electron chi connectivity index (χ1n) is 10.8. The highest BCUT2D eigenvalue weighted by molar-refractivity contribution is 6.09. The molecule has 0 aliphatic carbocycles. The molecule has 0 bridgehead atoms. The van der Waals surface area contributed by atoms with E-state index in [-0.39, 0.29) is 35.2 Å². The molecule has 1 unspecified atom stereocenters. The van der Waals surface area contributed by atoms with Gasteiger partial charge in [0.05, 0.1) is 0 Å². The van der Waals surface area contributed by atoms with Gasteiger partial charge in [-0.2, -0.15) is 0 Å². The van der Waals surface area contributed by atoms with Gasteiger partial charge in [-0.1, -0.05) is 0 Å². The van der Waals surface area contributed by atoms with Gasteiger partial charge in [0.2, 0.25) is 0 Å². The van der Waals surface area contributed by atoms with Crippen LogP contribution in [0.1, 0.15) is 32.7 Å². The highest BCUT2D eigenvalue weighted by atomic mass is 19.3. The first kappa shape index (κ1) is 23.2. The summed E-state index contributed by atoms with van der Waals surface area (Å²) in [5, 5.41) is 12.9. The molecule has 0 aromatic heterocycles. The number of hydrogen-bond acceptors (Lipinski definition) is 6. The number of hydrogen-bond donors (Lipinski definition) is 3.